The van der Waals surface area contributed by atoms with E-state index in [1.54, 1.807) is 0 Å². The smallest absolute Gasteiger partial charge is 0.314 e. The number of hydrogen-bond acceptors (Lipinski definition) is 5. The van der Waals surface area contributed by atoms with Crippen molar-refractivity contribution in [3.05, 3.63) is 0 Å². The molecule has 0 radical (unpaired) electrons. The van der Waals surface area contributed by atoms with Crippen molar-refractivity contribution in [1.29, 1.82) is 0 Å². The molecule has 0 bridgehead atoms. The normalized spacial score (nSPS) is 33.6. The van der Waals surface area contributed by atoms with E-state index < -0.39 is 11.0 Å². The summed E-state index contributed by atoms with van der Waals surface area (Å²) in [7, 11) is 3.35. The van der Waals surface area contributed by atoms with Crippen LogP contribution in [0.4, 0.5) is 0 Å². The third kappa shape index (κ3) is 1.96. The molecule has 2 rings (SSSR count). The Morgan fingerprint density at radius 1 is 1.35 bits per heavy atom. The van der Waals surface area contributed by atoms with Gasteiger partial charge in [-0.3, -0.25) is 4.79 Å². The zero-order valence-electron chi connectivity index (χ0n) is 10.6. The highest BCUT2D eigenvalue weighted by Gasteiger charge is 2.58. The van der Waals surface area contributed by atoms with Crippen LogP contribution in [0.2, 0.25) is 0 Å². The standard InChI is InChI=1S/C12H21NO4/c1-13-6-3-12(15,9-13)11(10(14)16-2)4-7-17-8-5-11/h15H,3-9H2,1-2H3. The molecule has 17 heavy (non-hydrogen) atoms. The van der Waals surface area contributed by atoms with Gasteiger partial charge >= 0.3 is 5.97 Å². The number of likely N-dealkylation sites (tertiary alicyclic amines) is 1. The van der Waals surface area contributed by atoms with E-state index in [1.807, 2.05) is 7.05 Å². The van der Waals surface area contributed by atoms with E-state index >= 15 is 0 Å². The maximum atomic E-state index is 12.1. The lowest BCUT2D eigenvalue weighted by Gasteiger charge is -2.45. The second-order valence-electron chi connectivity index (χ2n) is 5.21. The topological polar surface area (TPSA) is 59.0 Å². The van der Waals surface area contributed by atoms with Crippen molar-refractivity contribution in [2.45, 2.75) is 24.9 Å². The third-order valence-electron chi connectivity index (χ3n) is 4.25. The molecular weight excluding hydrogens is 222 g/mol. The first-order valence-corrected chi connectivity index (χ1v) is 6.11. The van der Waals surface area contributed by atoms with Crippen LogP contribution in [0.1, 0.15) is 19.3 Å². The minimum absolute atomic E-state index is 0.293. The average molecular weight is 243 g/mol. The van der Waals surface area contributed by atoms with E-state index in [-0.39, 0.29) is 5.97 Å². The lowest BCUT2D eigenvalue weighted by molar-refractivity contribution is -0.185. The quantitative estimate of drug-likeness (QED) is 0.693. The number of aliphatic hydroxyl groups is 1. The number of β-amino-alcohol motifs (C(OH)–C–C–N with tert-alkyl or cyclic N) is 1. The molecule has 1 N–H and O–H groups in total. The van der Waals surface area contributed by atoms with E-state index in [9.17, 15) is 9.90 Å². The lowest BCUT2D eigenvalue weighted by Crippen LogP contribution is -2.57. The Morgan fingerprint density at radius 2 is 2.00 bits per heavy atom. The molecule has 2 saturated heterocycles. The van der Waals surface area contributed by atoms with Gasteiger partial charge in [-0.2, -0.15) is 0 Å². The van der Waals surface area contributed by atoms with Crippen molar-refractivity contribution < 1.29 is 19.4 Å². The number of methoxy groups -OCH3 is 1. The predicted octanol–water partition coefficient (Wildman–Crippen LogP) is 0.0228. The van der Waals surface area contributed by atoms with Crippen LogP contribution in [0.15, 0.2) is 0 Å². The summed E-state index contributed by atoms with van der Waals surface area (Å²) >= 11 is 0. The van der Waals surface area contributed by atoms with E-state index in [0.29, 0.717) is 39.0 Å². The summed E-state index contributed by atoms with van der Waals surface area (Å²) in [5.41, 5.74) is -1.76. The van der Waals surface area contributed by atoms with E-state index in [4.69, 9.17) is 9.47 Å². The first kappa shape index (κ1) is 12.8. The van der Waals surface area contributed by atoms with Crippen LogP contribution in [-0.2, 0) is 14.3 Å². The maximum absolute atomic E-state index is 12.1. The van der Waals surface area contributed by atoms with Gasteiger partial charge in [0.25, 0.3) is 0 Å². The fourth-order valence-corrected chi connectivity index (χ4v) is 3.15. The summed E-state index contributed by atoms with van der Waals surface area (Å²) in [6.07, 6.45) is 1.71. The first-order valence-electron chi connectivity index (χ1n) is 6.11. The second-order valence-corrected chi connectivity index (χ2v) is 5.21. The van der Waals surface area contributed by atoms with Crippen molar-refractivity contribution in [3.63, 3.8) is 0 Å². The Balaban J connectivity index is 2.29. The minimum atomic E-state index is -0.974. The Hall–Kier alpha value is -0.650. The molecule has 0 aromatic carbocycles. The van der Waals surface area contributed by atoms with Crippen molar-refractivity contribution in [1.82, 2.24) is 4.90 Å². The summed E-state index contributed by atoms with van der Waals surface area (Å²) in [4.78, 5) is 14.2. The summed E-state index contributed by atoms with van der Waals surface area (Å²) in [5.74, 6) is -0.293. The first-order chi connectivity index (χ1) is 8.04. The van der Waals surface area contributed by atoms with Crippen LogP contribution >= 0.6 is 0 Å². The fourth-order valence-electron chi connectivity index (χ4n) is 3.15. The number of rotatable bonds is 2. The molecular formula is C12H21NO4. The number of carbonyl (C=O) groups is 1. The molecule has 0 spiro atoms. The third-order valence-corrected chi connectivity index (χ3v) is 4.25. The number of nitrogens with zero attached hydrogens (tertiary/aromatic N) is 1. The molecule has 2 aliphatic rings. The summed E-state index contributed by atoms with van der Waals surface area (Å²) < 4.78 is 10.3. The largest absolute Gasteiger partial charge is 0.469 e. The van der Waals surface area contributed by atoms with Gasteiger partial charge in [0.05, 0.1) is 12.7 Å². The molecule has 1 unspecified atom stereocenters. The highest BCUT2D eigenvalue weighted by atomic mass is 16.5. The molecule has 0 aliphatic carbocycles. The molecule has 98 valence electrons. The van der Waals surface area contributed by atoms with E-state index in [2.05, 4.69) is 4.90 Å². The lowest BCUT2D eigenvalue weighted by atomic mass is 9.66. The molecule has 1 atom stereocenters. The monoisotopic (exact) mass is 243 g/mol. The van der Waals surface area contributed by atoms with Crippen LogP contribution < -0.4 is 0 Å². The van der Waals surface area contributed by atoms with Crippen LogP contribution in [0.25, 0.3) is 0 Å². The molecule has 0 amide bonds. The SMILES string of the molecule is COC(=O)C1(C2(O)CCN(C)C2)CCOCC1. The second kappa shape index (κ2) is 4.55. The van der Waals surface area contributed by atoms with Crippen molar-refractivity contribution >= 4 is 5.97 Å². The number of esters is 1. The number of carbonyl (C=O) groups excluding carboxylic acids is 1. The molecule has 0 aromatic heterocycles. The number of hydrogen-bond donors (Lipinski definition) is 1. The Morgan fingerprint density at radius 3 is 2.47 bits per heavy atom. The van der Waals surface area contributed by atoms with Crippen molar-refractivity contribution in [2.24, 2.45) is 5.41 Å². The van der Waals surface area contributed by atoms with E-state index in [1.165, 1.54) is 7.11 Å². The van der Waals surface area contributed by atoms with Gasteiger partial charge < -0.3 is 19.5 Å². The highest BCUT2D eigenvalue weighted by Crippen LogP contribution is 2.46. The Bertz CT molecular complexity index is 301. The van der Waals surface area contributed by atoms with Gasteiger partial charge in [0.1, 0.15) is 5.41 Å². The summed E-state index contributed by atoms with van der Waals surface area (Å²) in [6.45, 7) is 2.38. The number of likely N-dealkylation sites (N-methyl/N-ethyl adjacent to an activating group) is 1. The molecule has 2 fully saturated rings. The average Bonchev–Trinajstić information content (AvgIpc) is 2.70. The molecule has 0 saturated carbocycles. The van der Waals surface area contributed by atoms with Gasteiger partial charge in [-0.15, -0.1) is 0 Å². The van der Waals surface area contributed by atoms with E-state index in [0.717, 1.165) is 6.54 Å². The number of ether oxygens (including phenoxy) is 2. The predicted molar refractivity (Wildman–Crippen MR) is 61.6 cm³/mol. The minimum Gasteiger partial charge on any atom is -0.469 e. The van der Waals surface area contributed by atoms with Crippen LogP contribution in [0.3, 0.4) is 0 Å². The van der Waals surface area contributed by atoms with Crippen LogP contribution in [0.5, 0.6) is 0 Å². The molecule has 0 aromatic rings. The van der Waals surface area contributed by atoms with Gasteiger partial charge in [-0.25, -0.2) is 0 Å². The van der Waals surface area contributed by atoms with Gasteiger partial charge in [0.15, 0.2) is 0 Å². The van der Waals surface area contributed by atoms with Gasteiger partial charge in [-0.05, 0) is 26.3 Å². The molecule has 5 heteroatoms. The summed E-state index contributed by atoms with van der Waals surface area (Å²) in [5, 5.41) is 10.8. The van der Waals surface area contributed by atoms with Crippen LogP contribution in [0, 0.1) is 5.41 Å². The molecule has 2 aliphatic heterocycles. The van der Waals surface area contributed by atoms with Crippen molar-refractivity contribution in [2.75, 3.05) is 40.5 Å². The van der Waals surface area contributed by atoms with Crippen molar-refractivity contribution in [3.8, 4) is 0 Å². The highest BCUT2D eigenvalue weighted by molar-refractivity contribution is 5.78. The Labute approximate surface area is 102 Å². The van der Waals surface area contributed by atoms with Gasteiger partial charge in [-0.1, -0.05) is 0 Å². The molecule has 2 heterocycles. The molecule has 5 nitrogen and oxygen atoms in total. The van der Waals surface area contributed by atoms with Gasteiger partial charge in [0.2, 0.25) is 0 Å². The summed E-state index contributed by atoms with van der Waals surface area (Å²) in [6, 6.07) is 0. The zero-order valence-corrected chi connectivity index (χ0v) is 10.6. The Kier molecular flexibility index (Phi) is 3.43. The maximum Gasteiger partial charge on any atom is 0.314 e. The van der Waals surface area contributed by atoms with Crippen LogP contribution in [-0.4, -0.2) is 62.0 Å². The zero-order chi connectivity index (χ0) is 12.5. The van der Waals surface area contributed by atoms with Gasteiger partial charge in [0, 0.05) is 26.3 Å². The fraction of sp³-hybridized carbons (Fsp3) is 0.917.